The molecule has 22 heavy (non-hydrogen) atoms. The normalized spacial score (nSPS) is 54.0. The van der Waals surface area contributed by atoms with E-state index in [1.165, 1.54) is 62.5 Å². The molecule has 6 bridgehead atoms. The van der Waals surface area contributed by atoms with Gasteiger partial charge in [-0.3, -0.25) is 0 Å². The van der Waals surface area contributed by atoms with Crippen molar-refractivity contribution in [3.8, 4) is 0 Å². The standard InChI is InChI=1S/C21H26O/c22-21-17-7-2-1-5-14(17)6-3-4-8-20(21)16-10-13-9-15(12-16)19(21)18(20)11-13/h1-2,5,7,13,15-16,18-19,22H,3-4,6,8-12H2/t13-,15+,16-,18+,19-,20+,21+/m1/s1. The number of aliphatic hydroxyl groups is 1. The molecule has 0 saturated heterocycles. The van der Waals surface area contributed by atoms with Crippen LogP contribution in [-0.4, -0.2) is 5.11 Å². The Morgan fingerprint density at radius 1 is 1.00 bits per heavy atom. The van der Waals surface area contributed by atoms with E-state index in [1.54, 1.807) is 0 Å². The van der Waals surface area contributed by atoms with Crippen LogP contribution in [0.25, 0.3) is 0 Å². The third kappa shape index (κ3) is 1.12. The summed E-state index contributed by atoms with van der Waals surface area (Å²) in [6.45, 7) is 0. The van der Waals surface area contributed by atoms with E-state index in [0.717, 1.165) is 23.7 Å². The highest BCUT2D eigenvalue weighted by Gasteiger charge is 2.80. The molecule has 1 aromatic rings. The van der Waals surface area contributed by atoms with Crippen molar-refractivity contribution in [3.63, 3.8) is 0 Å². The predicted octanol–water partition coefficient (Wildman–Crippen LogP) is 4.28. The summed E-state index contributed by atoms with van der Waals surface area (Å²) in [6, 6.07) is 8.91. The SMILES string of the molecule is O[C@]12c3ccccc3CCCC[C@@]13[C@@H]1C[C@H]4C[C@@H](C1)[C@@H]2[C@@H]3C4. The van der Waals surface area contributed by atoms with Crippen LogP contribution in [0, 0.1) is 35.0 Å². The molecular formula is C21H26O. The van der Waals surface area contributed by atoms with E-state index in [0.29, 0.717) is 5.92 Å². The van der Waals surface area contributed by atoms with Gasteiger partial charge in [0.25, 0.3) is 0 Å². The van der Waals surface area contributed by atoms with Gasteiger partial charge in [0.1, 0.15) is 0 Å². The van der Waals surface area contributed by atoms with Crippen LogP contribution in [0.1, 0.15) is 56.1 Å². The number of benzene rings is 1. The summed E-state index contributed by atoms with van der Waals surface area (Å²) >= 11 is 0. The largest absolute Gasteiger partial charge is 0.384 e. The van der Waals surface area contributed by atoms with Crippen LogP contribution in [0.2, 0.25) is 0 Å². The zero-order valence-corrected chi connectivity index (χ0v) is 13.3. The van der Waals surface area contributed by atoms with Crippen LogP contribution in [0.3, 0.4) is 0 Å². The van der Waals surface area contributed by atoms with Crippen molar-refractivity contribution in [2.75, 3.05) is 0 Å². The highest BCUT2D eigenvalue weighted by molar-refractivity contribution is 5.43. The number of hydrogen-bond donors (Lipinski definition) is 1. The Hall–Kier alpha value is -0.820. The van der Waals surface area contributed by atoms with Crippen LogP contribution >= 0.6 is 0 Å². The summed E-state index contributed by atoms with van der Waals surface area (Å²) in [6.07, 6.45) is 10.8. The van der Waals surface area contributed by atoms with Gasteiger partial charge in [-0.2, -0.15) is 0 Å². The van der Waals surface area contributed by atoms with Crippen LogP contribution in [0.15, 0.2) is 24.3 Å². The third-order valence-electron chi connectivity index (χ3n) is 8.67. The maximum atomic E-state index is 12.2. The fraction of sp³-hybridized carbons (Fsp3) is 0.714. The molecule has 1 aromatic carbocycles. The van der Waals surface area contributed by atoms with Crippen molar-refractivity contribution < 1.29 is 5.11 Å². The average molecular weight is 294 g/mol. The Labute approximate surface area is 133 Å². The van der Waals surface area contributed by atoms with Gasteiger partial charge < -0.3 is 5.11 Å². The molecule has 7 aliphatic carbocycles. The lowest BCUT2D eigenvalue weighted by Crippen LogP contribution is -2.79. The highest BCUT2D eigenvalue weighted by atomic mass is 16.3. The maximum Gasteiger partial charge on any atom is 0.0993 e. The fourth-order valence-electron chi connectivity index (χ4n) is 8.35. The molecule has 0 radical (unpaired) electrons. The van der Waals surface area contributed by atoms with Crippen molar-refractivity contribution in [1.29, 1.82) is 0 Å². The molecule has 0 amide bonds. The molecule has 0 aromatic heterocycles. The molecule has 7 aliphatic rings. The summed E-state index contributed by atoms with van der Waals surface area (Å²) in [5.74, 6) is 4.07. The first-order valence-electron chi connectivity index (χ1n) is 9.56. The maximum absolute atomic E-state index is 12.2. The van der Waals surface area contributed by atoms with Crippen molar-refractivity contribution in [2.45, 2.75) is 57.0 Å². The molecule has 6 saturated carbocycles. The lowest BCUT2D eigenvalue weighted by atomic mass is 9.24. The number of aryl methyl sites for hydroxylation is 1. The molecule has 1 spiro atoms. The van der Waals surface area contributed by atoms with E-state index in [-0.39, 0.29) is 5.41 Å². The van der Waals surface area contributed by atoms with E-state index < -0.39 is 5.60 Å². The second-order valence-electron chi connectivity index (χ2n) is 9.07. The molecule has 1 N–H and O–H groups in total. The predicted molar refractivity (Wildman–Crippen MR) is 86.2 cm³/mol. The van der Waals surface area contributed by atoms with Crippen LogP contribution in [-0.2, 0) is 12.0 Å². The van der Waals surface area contributed by atoms with E-state index in [4.69, 9.17) is 0 Å². The number of fused-ring (bicyclic) bond motifs is 1. The zero-order valence-electron chi connectivity index (χ0n) is 13.3. The smallest absolute Gasteiger partial charge is 0.0993 e. The van der Waals surface area contributed by atoms with Gasteiger partial charge in [-0.05, 0) is 85.7 Å². The minimum atomic E-state index is -0.479. The molecule has 1 nitrogen and oxygen atoms in total. The van der Waals surface area contributed by atoms with Crippen LogP contribution < -0.4 is 0 Å². The van der Waals surface area contributed by atoms with Gasteiger partial charge >= 0.3 is 0 Å². The van der Waals surface area contributed by atoms with Crippen LogP contribution in [0.4, 0.5) is 0 Å². The Morgan fingerprint density at radius 3 is 2.82 bits per heavy atom. The molecule has 0 unspecified atom stereocenters. The van der Waals surface area contributed by atoms with Crippen molar-refractivity contribution in [3.05, 3.63) is 35.4 Å². The molecule has 8 rings (SSSR count). The fourth-order valence-corrected chi connectivity index (χ4v) is 8.35. The topological polar surface area (TPSA) is 20.2 Å². The average Bonchev–Trinajstić information content (AvgIpc) is 2.51. The first kappa shape index (κ1) is 12.6. The van der Waals surface area contributed by atoms with Crippen LogP contribution in [0.5, 0.6) is 0 Å². The second kappa shape index (κ2) is 3.80. The summed E-state index contributed by atoms with van der Waals surface area (Å²) < 4.78 is 0. The molecule has 116 valence electrons. The molecule has 7 atom stereocenters. The molecule has 1 heteroatoms. The minimum Gasteiger partial charge on any atom is -0.384 e. The lowest BCUT2D eigenvalue weighted by Gasteiger charge is -2.81. The monoisotopic (exact) mass is 294 g/mol. The van der Waals surface area contributed by atoms with Gasteiger partial charge in [0, 0.05) is 5.41 Å². The lowest BCUT2D eigenvalue weighted by molar-refractivity contribution is -0.382. The first-order valence-corrected chi connectivity index (χ1v) is 9.56. The van der Waals surface area contributed by atoms with E-state index in [2.05, 4.69) is 24.3 Å². The molecular weight excluding hydrogens is 268 g/mol. The van der Waals surface area contributed by atoms with E-state index in [1.807, 2.05) is 0 Å². The third-order valence-corrected chi connectivity index (χ3v) is 8.67. The second-order valence-corrected chi connectivity index (χ2v) is 9.07. The van der Waals surface area contributed by atoms with Gasteiger partial charge in [0.15, 0.2) is 0 Å². The Morgan fingerprint density at radius 2 is 1.91 bits per heavy atom. The minimum absolute atomic E-state index is 0.252. The van der Waals surface area contributed by atoms with Gasteiger partial charge in [0.2, 0.25) is 0 Å². The van der Waals surface area contributed by atoms with Gasteiger partial charge in [-0.15, -0.1) is 0 Å². The summed E-state index contributed by atoms with van der Waals surface area (Å²) in [5, 5.41) is 12.2. The number of rotatable bonds is 0. The zero-order chi connectivity index (χ0) is 14.5. The molecule has 0 aliphatic heterocycles. The van der Waals surface area contributed by atoms with Crippen molar-refractivity contribution >= 4 is 0 Å². The van der Waals surface area contributed by atoms with Gasteiger partial charge in [0.05, 0.1) is 5.60 Å². The van der Waals surface area contributed by atoms with E-state index in [9.17, 15) is 5.11 Å². The van der Waals surface area contributed by atoms with Gasteiger partial charge in [-0.25, -0.2) is 0 Å². The Balaban J connectivity index is 1.61. The van der Waals surface area contributed by atoms with Crippen molar-refractivity contribution in [1.82, 2.24) is 0 Å². The van der Waals surface area contributed by atoms with E-state index >= 15 is 0 Å². The van der Waals surface area contributed by atoms with Crippen molar-refractivity contribution in [2.24, 2.45) is 35.0 Å². The molecule has 0 heterocycles. The Kier molecular flexibility index (Phi) is 2.18. The highest BCUT2D eigenvalue weighted by Crippen LogP contribution is 2.82. The Bertz CT molecular complexity index is 638. The first-order chi connectivity index (χ1) is 10.7. The summed E-state index contributed by atoms with van der Waals surface area (Å²) in [7, 11) is 0. The summed E-state index contributed by atoms with van der Waals surface area (Å²) in [4.78, 5) is 0. The number of hydrogen-bond acceptors (Lipinski definition) is 1. The summed E-state index contributed by atoms with van der Waals surface area (Å²) in [5.41, 5.74) is 2.57. The quantitative estimate of drug-likeness (QED) is 0.757. The molecule has 6 fully saturated rings. The van der Waals surface area contributed by atoms with Gasteiger partial charge in [-0.1, -0.05) is 30.7 Å².